The molecule has 2 aliphatic rings. The number of hydrogen-bond donors (Lipinski definition) is 2. The Morgan fingerprint density at radius 1 is 1.44 bits per heavy atom. The molecule has 1 fully saturated rings. The van der Waals surface area contributed by atoms with Crippen LogP contribution >= 0.6 is 0 Å². The van der Waals surface area contributed by atoms with Crippen molar-refractivity contribution in [3.63, 3.8) is 0 Å². The average Bonchev–Trinajstić information content (AvgIpc) is 3.13. The Hall–Kier alpha value is -1.26. The first-order valence-electron chi connectivity index (χ1n) is 6.63. The zero-order valence-electron chi connectivity index (χ0n) is 10.7. The van der Waals surface area contributed by atoms with Gasteiger partial charge >= 0.3 is 0 Å². The lowest BCUT2D eigenvalue weighted by molar-refractivity contribution is 0.286. The van der Waals surface area contributed by atoms with Gasteiger partial charge in [0.05, 0.1) is 6.04 Å². The highest BCUT2D eigenvalue weighted by molar-refractivity contribution is 5.44. The maximum atomic E-state index is 9.39. The topological polar surface area (TPSA) is 44.7 Å². The molecule has 0 amide bonds. The average molecular weight is 248 g/mol. The summed E-state index contributed by atoms with van der Waals surface area (Å²) in [5.41, 5.74) is 1.15. The van der Waals surface area contributed by atoms with Gasteiger partial charge in [-0.2, -0.15) is 0 Å². The molecule has 0 spiro atoms. The number of rotatable bonds is 5. The summed E-state index contributed by atoms with van der Waals surface area (Å²) in [4.78, 5) is 2.42. The molecule has 0 bridgehead atoms. The van der Waals surface area contributed by atoms with Crippen molar-refractivity contribution >= 4 is 0 Å². The van der Waals surface area contributed by atoms with Crippen LogP contribution in [0.3, 0.4) is 0 Å². The standard InChI is InChI=1S/C14H20N2O2/c1-16(10-2-3-10)7-6-15-13-9-18-14-8-11(17)4-5-12(13)14/h4-5,8,10,13,15,17H,2-3,6-7,9H2,1H3. The van der Waals surface area contributed by atoms with Gasteiger partial charge in [0.2, 0.25) is 0 Å². The van der Waals surface area contributed by atoms with Crippen LogP contribution in [-0.4, -0.2) is 42.8 Å². The second-order valence-corrected chi connectivity index (χ2v) is 5.25. The second-order valence-electron chi connectivity index (χ2n) is 5.25. The third kappa shape index (κ3) is 2.44. The van der Waals surface area contributed by atoms with E-state index in [0.717, 1.165) is 30.4 Å². The molecule has 4 heteroatoms. The summed E-state index contributed by atoms with van der Waals surface area (Å²) in [6, 6.07) is 6.43. The molecule has 3 rings (SSSR count). The van der Waals surface area contributed by atoms with Gasteiger partial charge in [-0.15, -0.1) is 0 Å². The smallest absolute Gasteiger partial charge is 0.127 e. The molecule has 98 valence electrons. The maximum absolute atomic E-state index is 9.39. The van der Waals surface area contributed by atoms with E-state index in [1.807, 2.05) is 6.07 Å². The quantitative estimate of drug-likeness (QED) is 0.829. The second kappa shape index (κ2) is 4.78. The van der Waals surface area contributed by atoms with E-state index >= 15 is 0 Å². The van der Waals surface area contributed by atoms with E-state index in [4.69, 9.17) is 4.74 Å². The number of nitrogens with one attached hydrogen (secondary N) is 1. The van der Waals surface area contributed by atoms with E-state index < -0.39 is 0 Å². The molecule has 18 heavy (non-hydrogen) atoms. The molecule has 1 aromatic carbocycles. The molecule has 1 aliphatic heterocycles. The molecule has 2 N–H and O–H groups in total. The van der Waals surface area contributed by atoms with Crippen LogP contribution in [0.4, 0.5) is 0 Å². The van der Waals surface area contributed by atoms with Crippen LogP contribution in [0.1, 0.15) is 24.4 Å². The lowest BCUT2D eigenvalue weighted by Crippen LogP contribution is -2.33. The minimum atomic E-state index is 0.258. The van der Waals surface area contributed by atoms with Crippen LogP contribution in [-0.2, 0) is 0 Å². The summed E-state index contributed by atoms with van der Waals surface area (Å²) in [7, 11) is 2.19. The van der Waals surface area contributed by atoms with Crippen molar-refractivity contribution in [1.29, 1.82) is 0 Å². The molecule has 1 aliphatic carbocycles. The zero-order valence-corrected chi connectivity index (χ0v) is 10.7. The van der Waals surface area contributed by atoms with Crippen molar-refractivity contribution in [2.75, 3.05) is 26.7 Å². The molecular formula is C14H20N2O2. The monoisotopic (exact) mass is 248 g/mol. The Bertz CT molecular complexity index is 432. The minimum absolute atomic E-state index is 0.258. The van der Waals surface area contributed by atoms with Gasteiger partial charge in [-0.25, -0.2) is 0 Å². The van der Waals surface area contributed by atoms with Crippen LogP contribution < -0.4 is 10.1 Å². The Balaban J connectivity index is 1.52. The number of likely N-dealkylation sites (N-methyl/N-ethyl adjacent to an activating group) is 1. The number of phenolic OH excluding ortho intramolecular Hbond substituents is 1. The Morgan fingerprint density at radius 3 is 3.06 bits per heavy atom. The summed E-state index contributed by atoms with van der Waals surface area (Å²) < 4.78 is 5.57. The molecule has 0 aromatic heterocycles. The third-order valence-corrected chi connectivity index (χ3v) is 3.80. The summed E-state index contributed by atoms with van der Waals surface area (Å²) in [6.07, 6.45) is 2.70. The fourth-order valence-corrected chi connectivity index (χ4v) is 2.48. The maximum Gasteiger partial charge on any atom is 0.127 e. The van der Waals surface area contributed by atoms with Crippen molar-refractivity contribution in [3.05, 3.63) is 23.8 Å². The van der Waals surface area contributed by atoms with Crippen molar-refractivity contribution in [1.82, 2.24) is 10.2 Å². The molecule has 1 atom stereocenters. The van der Waals surface area contributed by atoms with Crippen LogP contribution in [0.25, 0.3) is 0 Å². The molecule has 1 heterocycles. The van der Waals surface area contributed by atoms with E-state index in [-0.39, 0.29) is 11.8 Å². The number of phenols is 1. The summed E-state index contributed by atoms with van der Waals surface area (Å²) in [6.45, 7) is 2.71. The largest absolute Gasteiger partial charge is 0.508 e. The predicted octanol–water partition coefficient (Wildman–Crippen LogP) is 1.51. The number of aromatic hydroxyl groups is 1. The highest BCUT2D eigenvalue weighted by Gasteiger charge is 2.27. The fraction of sp³-hybridized carbons (Fsp3) is 0.571. The first-order chi connectivity index (χ1) is 8.74. The summed E-state index contributed by atoms with van der Waals surface area (Å²) >= 11 is 0. The number of benzene rings is 1. The van der Waals surface area contributed by atoms with E-state index in [2.05, 4.69) is 17.3 Å². The zero-order chi connectivity index (χ0) is 12.5. The molecule has 1 saturated carbocycles. The van der Waals surface area contributed by atoms with Gasteiger partial charge in [0.1, 0.15) is 18.1 Å². The van der Waals surface area contributed by atoms with Gasteiger partial charge in [0, 0.05) is 30.8 Å². The molecule has 0 saturated heterocycles. The Kier molecular flexibility index (Phi) is 3.14. The molecule has 0 radical (unpaired) electrons. The van der Waals surface area contributed by atoms with Crippen molar-refractivity contribution in [3.8, 4) is 11.5 Å². The third-order valence-electron chi connectivity index (χ3n) is 3.80. The Morgan fingerprint density at radius 2 is 2.28 bits per heavy atom. The predicted molar refractivity (Wildman–Crippen MR) is 70.0 cm³/mol. The number of ether oxygens (including phenoxy) is 1. The normalized spacial score (nSPS) is 22.0. The van der Waals surface area contributed by atoms with Crippen molar-refractivity contribution in [2.24, 2.45) is 0 Å². The van der Waals surface area contributed by atoms with Crippen LogP contribution in [0.5, 0.6) is 11.5 Å². The Labute approximate surface area is 108 Å². The van der Waals surface area contributed by atoms with Crippen LogP contribution in [0.15, 0.2) is 18.2 Å². The molecule has 1 aromatic rings. The molecular weight excluding hydrogens is 228 g/mol. The minimum Gasteiger partial charge on any atom is -0.508 e. The lowest BCUT2D eigenvalue weighted by Gasteiger charge is -2.18. The first kappa shape index (κ1) is 11.8. The highest BCUT2D eigenvalue weighted by Crippen LogP contribution is 2.34. The number of hydrogen-bond acceptors (Lipinski definition) is 4. The summed E-state index contributed by atoms with van der Waals surface area (Å²) in [5, 5.41) is 12.9. The van der Waals surface area contributed by atoms with Gasteiger partial charge in [0.25, 0.3) is 0 Å². The van der Waals surface area contributed by atoms with E-state index in [9.17, 15) is 5.11 Å². The van der Waals surface area contributed by atoms with Crippen molar-refractivity contribution in [2.45, 2.75) is 24.9 Å². The number of nitrogens with zero attached hydrogens (tertiary/aromatic N) is 1. The van der Waals surface area contributed by atoms with Crippen LogP contribution in [0.2, 0.25) is 0 Å². The first-order valence-corrected chi connectivity index (χ1v) is 6.63. The van der Waals surface area contributed by atoms with Gasteiger partial charge in [-0.1, -0.05) is 0 Å². The SMILES string of the molecule is CN(CCNC1COc2cc(O)ccc21)C1CC1. The highest BCUT2D eigenvalue weighted by atomic mass is 16.5. The molecule has 4 nitrogen and oxygen atoms in total. The van der Waals surface area contributed by atoms with Gasteiger partial charge < -0.3 is 20.1 Å². The van der Waals surface area contributed by atoms with E-state index in [1.165, 1.54) is 12.8 Å². The lowest BCUT2D eigenvalue weighted by atomic mass is 10.1. The van der Waals surface area contributed by atoms with Gasteiger partial charge in [-0.05, 0) is 32.0 Å². The van der Waals surface area contributed by atoms with Gasteiger partial charge in [-0.3, -0.25) is 0 Å². The number of fused-ring (bicyclic) bond motifs is 1. The van der Waals surface area contributed by atoms with Crippen LogP contribution in [0, 0.1) is 0 Å². The van der Waals surface area contributed by atoms with E-state index in [0.29, 0.717) is 6.61 Å². The summed E-state index contributed by atoms with van der Waals surface area (Å²) in [5.74, 6) is 1.07. The van der Waals surface area contributed by atoms with Crippen molar-refractivity contribution < 1.29 is 9.84 Å². The van der Waals surface area contributed by atoms with E-state index in [1.54, 1.807) is 12.1 Å². The fourth-order valence-electron chi connectivity index (χ4n) is 2.48. The van der Waals surface area contributed by atoms with Gasteiger partial charge in [0.15, 0.2) is 0 Å². The molecule has 1 unspecified atom stereocenters.